The molecule has 2 nitrogen and oxygen atoms in total. The van der Waals surface area contributed by atoms with Crippen molar-refractivity contribution >= 4 is 11.6 Å². The van der Waals surface area contributed by atoms with Crippen LogP contribution >= 0.6 is 11.6 Å². The molecule has 3 heteroatoms. The van der Waals surface area contributed by atoms with Crippen LogP contribution in [0.4, 0.5) is 0 Å². The molecule has 0 spiro atoms. The zero-order valence-electron chi connectivity index (χ0n) is 21.1. The molecule has 3 N–H and O–H groups in total. The van der Waals surface area contributed by atoms with Gasteiger partial charge in [-0.05, 0) is 83.6 Å². The molecule has 0 saturated heterocycles. The summed E-state index contributed by atoms with van der Waals surface area (Å²) in [5.41, 5.74) is 9.43. The minimum absolute atomic E-state index is 0.236. The Bertz CT molecular complexity index is 503. The van der Waals surface area contributed by atoms with E-state index >= 15 is 0 Å². The van der Waals surface area contributed by atoms with Crippen molar-refractivity contribution in [2.45, 2.75) is 112 Å². The van der Waals surface area contributed by atoms with E-state index in [1.54, 1.807) is 0 Å². The van der Waals surface area contributed by atoms with E-state index in [2.05, 4.69) is 86.7 Å². The first-order valence-corrected chi connectivity index (χ1v) is 12.3. The van der Waals surface area contributed by atoms with E-state index in [1.807, 2.05) is 0 Å². The molecule has 3 unspecified atom stereocenters. The highest BCUT2D eigenvalue weighted by molar-refractivity contribution is 6.20. The largest absolute Gasteiger partial charge is 0.322 e. The Kier molecular flexibility index (Phi) is 13.7. The molecule has 5 atom stereocenters. The third-order valence-corrected chi connectivity index (χ3v) is 6.84. The summed E-state index contributed by atoms with van der Waals surface area (Å²) >= 11 is 6.21. The average molecular weight is 427 g/mol. The maximum absolute atomic E-state index is 6.80. The first-order chi connectivity index (χ1) is 13.3. The van der Waals surface area contributed by atoms with Gasteiger partial charge in [-0.2, -0.15) is 0 Å². The average Bonchev–Trinajstić information content (AvgIpc) is 2.60. The number of allylic oxidation sites excluding steroid dienone is 2. The van der Waals surface area contributed by atoms with Crippen LogP contribution in [0.1, 0.15) is 94.9 Å². The lowest BCUT2D eigenvalue weighted by atomic mass is 9.72. The van der Waals surface area contributed by atoms with Crippen LogP contribution in [0.25, 0.3) is 0 Å². The minimum Gasteiger partial charge on any atom is -0.322 e. The maximum atomic E-state index is 6.80. The molecule has 0 radical (unpaired) electrons. The standard InChI is InChI=1S/C26H51ClN2/c1-11-24(17-21(7)27)20(6)16-22(8)29-15-13-12-14-25(19(4)5)26(10,28)23(9)18(2)3/h14,16,18-19,21-24,29H,11-13,15,17,28H2,1-10H3/b20-16-,25-14-/t21-,22?,23-,24?,26?/m0/s1. The van der Waals surface area contributed by atoms with Gasteiger partial charge in [0.2, 0.25) is 0 Å². The summed E-state index contributed by atoms with van der Waals surface area (Å²) in [5, 5.41) is 3.89. The van der Waals surface area contributed by atoms with E-state index in [9.17, 15) is 0 Å². The van der Waals surface area contributed by atoms with Gasteiger partial charge < -0.3 is 11.1 Å². The summed E-state index contributed by atoms with van der Waals surface area (Å²) in [6, 6.07) is 0.393. The van der Waals surface area contributed by atoms with Crippen LogP contribution in [0, 0.1) is 23.7 Å². The molecule has 0 aliphatic carbocycles. The topological polar surface area (TPSA) is 38.0 Å². The molecular formula is C26H51ClN2. The van der Waals surface area contributed by atoms with E-state index in [0.29, 0.717) is 29.7 Å². The number of hydrogen-bond donors (Lipinski definition) is 2. The molecule has 172 valence electrons. The van der Waals surface area contributed by atoms with Crippen molar-refractivity contribution in [3.8, 4) is 0 Å². The van der Waals surface area contributed by atoms with Crippen molar-refractivity contribution in [1.82, 2.24) is 5.32 Å². The number of hydrogen-bond acceptors (Lipinski definition) is 2. The van der Waals surface area contributed by atoms with E-state index in [4.69, 9.17) is 17.3 Å². The van der Waals surface area contributed by atoms with Gasteiger partial charge in [0, 0.05) is 17.0 Å². The Balaban J connectivity index is 4.72. The molecule has 0 aliphatic heterocycles. The molecular weight excluding hydrogens is 376 g/mol. The minimum atomic E-state index is -0.238. The van der Waals surface area contributed by atoms with Gasteiger partial charge in [0.1, 0.15) is 0 Å². The fraction of sp³-hybridized carbons (Fsp3) is 0.846. The molecule has 0 aromatic heterocycles. The zero-order valence-corrected chi connectivity index (χ0v) is 21.9. The van der Waals surface area contributed by atoms with Crippen molar-refractivity contribution in [3.05, 3.63) is 23.3 Å². The lowest BCUT2D eigenvalue weighted by Gasteiger charge is -2.39. The number of unbranched alkanes of at least 4 members (excludes halogenated alkanes) is 1. The quantitative estimate of drug-likeness (QED) is 0.173. The second-order valence-corrected chi connectivity index (χ2v) is 10.8. The summed E-state index contributed by atoms with van der Waals surface area (Å²) in [4.78, 5) is 0. The smallest absolute Gasteiger partial charge is 0.0371 e. The van der Waals surface area contributed by atoms with E-state index in [1.165, 1.54) is 11.1 Å². The van der Waals surface area contributed by atoms with Crippen molar-refractivity contribution in [3.63, 3.8) is 0 Å². The van der Waals surface area contributed by atoms with Crippen molar-refractivity contribution in [2.75, 3.05) is 6.54 Å². The van der Waals surface area contributed by atoms with Crippen LogP contribution in [0.2, 0.25) is 0 Å². The van der Waals surface area contributed by atoms with Gasteiger partial charge in [-0.15, -0.1) is 11.6 Å². The van der Waals surface area contributed by atoms with Crippen LogP contribution in [0.5, 0.6) is 0 Å². The number of nitrogens with one attached hydrogen (secondary N) is 1. The number of alkyl halides is 1. The molecule has 29 heavy (non-hydrogen) atoms. The number of rotatable bonds is 14. The third kappa shape index (κ3) is 10.5. The van der Waals surface area contributed by atoms with Gasteiger partial charge in [-0.3, -0.25) is 0 Å². The highest BCUT2D eigenvalue weighted by Gasteiger charge is 2.33. The molecule has 0 aromatic carbocycles. The highest BCUT2D eigenvalue weighted by atomic mass is 35.5. The molecule has 0 rings (SSSR count). The zero-order chi connectivity index (χ0) is 22.8. The van der Waals surface area contributed by atoms with Crippen LogP contribution in [0.15, 0.2) is 23.3 Å². The Morgan fingerprint density at radius 2 is 1.69 bits per heavy atom. The van der Waals surface area contributed by atoms with E-state index in [0.717, 1.165) is 32.2 Å². The van der Waals surface area contributed by atoms with Crippen LogP contribution in [-0.2, 0) is 0 Å². The second kappa shape index (κ2) is 13.9. The molecule has 0 bridgehead atoms. The summed E-state index contributed by atoms with van der Waals surface area (Å²) in [5.74, 6) is 2.12. The van der Waals surface area contributed by atoms with Crippen LogP contribution < -0.4 is 11.1 Å². The molecule has 0 amide bonds. The summed E-state index contributed by atoms with van der Waals surface area (Å²) in [6.07, 6.45) is 9.21. The van der Waals surface area contributed by atoms with Gasteiger partial charge in [0.15, 0.2) is 0 Å². The highest BCUT2D eigenvalue weighted by Crippen LogP contribution is 2.33. The molecule has 0 aliphatic rings. The van der Waals surface area contributed by atoms with Gasteiger partial charge in [-0.1, -0.05) is 64.8 Å². The third-order valence-electron chi connectivity index (χ3n) is 6.66. The fourth-order valence-corrected chi connectivity index (χ4v) is 4.59. The van der Waals surface area contributed by atoms with E-state index in [-0.39, 0.29) is 10.9 Å². The summed E-state index contributed by atoms with van der Waals surface area (Å²) < 4.78 is 0. The maximum Gasteiger partial charge on any atom is 0.0371 e. The predicted molar refractivity (Wildman–Crippen MR) is 134 cm³/mol. The predicted octanol–water partition coefficient (Wildman–Crippen LogP) is 7.33. The van der Waals surface area contributed by atoms with Crippen LogP contribution in [-0.4, -0.2) is 23.5 Å². The molecule has 0 heterocycles. The lowest BCUT2D eigenvalue weighted by Crippen LogP contribution is -2.48. The van der Waals surface area contributed by atoms with Gasteiger partial charge in [-0.25, -0.2) is 0 Å². The van der Waals surface area contributed by atoms with Gasteiger partial charge >= 0.3 is 0 Å². The summed E-state index contributed by atoms with van der Waals surface area (Å²) in [7, 11) is 0. The van der Waals surface area contributed by atoms with Gasteiger partial charge in [0.05, 0.1) is 0 Å². The Labute approximate surface area is 188 Å². The number of halogens is 1. The van der Waals surface area contributed by atoms with Crippen molar-refractivity contribution < 1.29 is 0 Å². The SMILES string of the molecule is CCC(C[C@H](C)Cl)/C(C)=C\C(C)NCCC/C=C(/C(C)C)C(C)(N)[C@@H](C)C(C)C. The first-order valence-electron chi connectivity index (χ1n) is 11.9. The Morgan fingerprint density at radius 3 is 2.14 bits per heavy atom. The molecule has 0 fully saturated rings. The van der Waals surface area contributed by atoms with Crippen molar-refractivity contribution in [1.29, 1.82) is 0 Å². The Morgan fingerprint density at radius 1 is 1.10 bits per heavy atom. The molecule has 0 saturated carbocycles. The normalized spacial score (nSPS) is 19.9. The Hall–Kier alpha value is -0.310. The van der Waals surface area contributed by atoms with Crippen molar-refractivity contribution in [2.24, 2.45) is 29.4 Å². The van der Waals surface area contributed by atoms with Crippen LogP contribution in [0.3, 0.4) is 0 Å². The lowest BCUT2D eigenvalue weighted by molar-refractivity contribution is 0.269. The van der Waals surface area contributed by atoms with Gasteiger partial charge in [0.25, 0.3) is 0 Å². The van der Waals surface area contributed by atoms with E-state index < -0.39 is 0 Å². The summed E-state index contributed by atoms with van der Waals surface area (Å²) in [6.45, 7) is 23.4. The first kappa shape index (κ1) is 28.7. The molecule has 0 aromatic rings. The fourth-order valence-electron chi connectivity index (χ4n) is 4.38. The monoisotopic (exact) mass is 426 g/mol. The second-order valence-electron chi connectivity index (χ2n) is 10.0. The number of nitrogens with two attached hydrogens (primary N) is 1.